The Morgan fingerprint density at radius 2 is 1.61 bits per heavy atom. The van der Waals surface area contributed by atoms with Gasteiger partial charge in [-0.05, 0) is 43.0 Å². The number of methoxy groups -OCH3 is 1. The summed E-state index contributed by atoms with van der Waals surface area (Å²) >= 11 is 0. The van der Waals surface area contributed by atoms with Crippen molar-refractivity contribution in [3.8, 4) is 11.8 Å². The average Bonchev–Trinajstić information content (AvgIpc) is 2.58. The van der Waals surface area contributed by atoms with E-state index in [0.29, 0.717) is 24.3 Å². The van der Waals surface area contributed by atoms with Crippen LogP contribution in [0.3, 0.4) is 0 Å². The summed E-state index contributed by atoms with van der Waals surface area (Å²) in [4.78, 5) is 8.03. The van der Waals surface area contributed by atoms with E-state index in [1.165, 1.54) is 11.1 Å². The highest BCUT2D eigenvalue weighted by Gasteiger charge is 1.99. The highest BCUT2D eigenvalue weighted by Crippen LogP contribution is 2.16. The van der Waals surface area contributed by atoms with Crippen molar-refractivity contribution in [2.75, 3.05) is 13.7 Å². The van der Waals surface area contributed by atoms with Gasteiger partial charge in [0.25, 0.3) is 0 Å². The number of hydrogen-bond acceptors (Lipinski definition) is 4. The van der Waals surface area contributed by atoms with Crippen molar-refractivity contribution in [3.63, 3.8) is 0 Å². The first-order valence-electron chi connectivity index (χ1n) is 8.12. The molecule has 0 aliphatic heterocycles. The van der Waals surface area contributed by atoms with Crippen molar-refractivity contribution >= 4 is 0 Å². The molecule has 0 atom stereocenters. The van der Waals surface area contributed by atoms with Gasteiger partial charge in [-0.1, -0.05) is 27.7 Å². The first kappa shape index (κ1) is 20.9. The van der Waals surface area contributed by atoms with Crippen molar-refractivity contribution in [2.45, 2.75) is 47.5 Å². The molecule has 128 valence electrons. The fraction of sp³-hybridized carbons (Fsp3) is 0.474. The summed E-state index contributed by atoms with van der Waals surface area (Å²) in [5.41, 5.74) is 2.44. The minimum atomic E-state index is 0.534. The minimum absolute atomic E-state index is 0.534. The van der Waals surface area contributed by atoms with Gasteiger partial charge in [0, 0.05) is 24.5 Å². The van der Waals surface area contributed by atoms with Crippen LogP contribution >= 0.6 is 0 Å². The largest absolute Gasteiger partial charge is 0.481 e. The zero-order valence-electron chi connectivity index (χ0n) is 15.5. The second-order valence-corrected chi connectivity index (χ2v) is 4.89. The lowest BCUT2D eigenvalue weighted by atomic mass is 10.1. The van der Waals surface area contributed by atoms with E-state index in [4.69, 9.17) is 9.47 Å². The van der Waals surface area contributed by atoms with Crippen LogP contribution < -0.4 is 9.47 Å². The molecule has 2 heterocycles. The number of nitrogens with zero attached hydrogens (tertiary/aromatic N) is 2. The molecule has 0 saturated carbocycles. The molecule has 2 aromatic rings. The number of aromatic nitrogens is 2. The fourth-order valence-electron chi connectivity index (χ4n) is 1.63. The maximum absolute atomic E-state index is 5.18. The molecular weight excluding hydrogens is 288 g/mol. The van der Waals surface area contributed by atoms with E-state index in [0.717, 1.165) is 0 Å². The van der Waals surface area contributed by atoms with Crippen LogP contribution in [0.25, 0.3) is 0 Å². The van der Waals surface area contributed by atoms with Gasteiger partial charge in [0.2, 0.25) is 11.8 Å². The van der Waals surface area contributed by atoms with E-state index < -0.39 is 0 Å². The second kappa shape index (κ2) is 12.4. The van der Waals surface area contributed by atoms with Crippen molar-refractivity contribution in [2.24, 2.45) is 0 Å². The zero-order valence-corrected chi connectivity index (χ0v) is 15.5. The number of pyridine rings is 2. The summed E-state index contributed by atoms with van der Waals surface area (Å²) in [6.45, 7) is 12.9. The van der Waals surface area contributed by atoms with Crippen LogP contribution in [-0.2, 0) is 0 Å². The fourth-order valence-corrected chi connectivity index (χ4v) is 1.63. The lowest BCUT2D eigenvalue weighted by Crippen LogP contribution is -1.93. The molecule has 0 unspecified atom stereocenters. The summed E-state index contributed by atoms with van der Waals surface area (Å²) in [5.74, 6) is 1.94. The van der Waals surface area contributed by atoms with Crippen molar-refractivity contribution in [1.29, 1.82) is 0 Å². The zero-order chi connectivity index (χ0) is 17.7. The molecule has 0 fully saturated rings. The highest BCUT2D eigenvalue weighted by atomic mass is 16.5. The summed E-state index contributed by atoms with van der Waals surface area (Å²) in [6.07, 6.45) is 3.52. The van der Waals surface area contributed by atoms with Gasteiger partial charge >= 0.3 is 0 Å². The maximum Gasteiger partial charge on any atom is 0.213 e. The van der Waals surface area contributed by atoms with Crippen LogP contribution in [0.2, 0.25) is 0 Å². The van der Waals surface area contributed by atoms with E-state index in [9.17, 15) is 0 Å². The van der Waals surface area contributed by atoms with E-state index in [1.54, 1.807) is 19.5 Å². The molecule has 0 spiro atoms. The maximum atomic E-state index is 5.18. The second-order valence-electron chi connectivity index (χ2n) is 4.89. The van der Waals surface area contributed by atoms with Crippen LogP contribution in [0.4, 0.5) is 0 Å². The van der Waals surface area contributed by atoms with Crippen LogP contribution in [0.5, 0.6) is 11.8 Å². The van der Waals surface area contributed by atoms with Crippen molar-refractivity contribution < 1.29 is 9.47 Å². The standard InChI is InChI=1S/C9H13NO.C8H11NO.C2H6/c1-7(2)8-4-5-10-9(6-8)11-3;1-3-10-8-6-7(2)4-5-9-8;1-2/h4-7H,1-3H3;4-6H,3H2,1-2H3;1-2H3. The first-order chi connectivity index (χ1) is 11.1. The van der Waals surface area contributed by atoms with E-state index in [1.807, 2.05) is 52.0 Å². The van der Waals surface area contributed by atoms with Gasteiger partial charge < -0.3 is 9.47 Å². The quantitative estimate of drug-likeness (QED) is 0.793. The van der Waals surface area contributed by atoms with Gasteiger partial charge in [-0.15, -0.1) is 0 Å². The number of hydrogen-bond donors (Lipinski definition) is 0. The molecule has 2 aromatic heterocycles. The molecule has 2 rings (SSSR count). The van der Waals surface area contributed by atoms with Gasteiger partial charge in [-0.2, -0.15) is 0 Å². The molecule has 0 amide bonds. The normalized spacial score (nSPS) is 9.22. The highest BCUT2D eigenvalue weighted by molar-refractivity contribution is 5.22. The third-order valence-corrected chi connectivity index (χ3v) is 2.82. The van der Waals surface area contributed by atoms with Crippen molar-refractivity contribution in [3.05, 3.63) is 47.8 Å². The Balaban J connectivity index is 0.000000381. The molecule has 23 heavy (non-hydrogen) atoms. The van der Waals surface area contributed by atoms with Gasteiger partial charge in [0.15, 0.2) is 0 Å². The van der Waals surface area contributed by atoms with Gasteiger partial charge in [-0.3, -0.25) is 0 Å². The van der Waals surface area contributed by atoms with Crippen molar-refractivity contribution in [1.82, 2.24) is 9.97 Å². The monoisotopic (exact) mass is 318 g/mol. The molecule has 4 nitrogen and oxygen atoms in total. The molecule has 0 radical (unpaired) electrons. The SMILES string of the molecule is CC.CCOc1cc(C)ccn1.COc1cc(C(C)C)ccn1. The summed E-state index contributed by atoms with van der Waals surface area (Å²) in [7, 11) is 1.63. The van der Waals surface area contributed by atoms with Crippen LogP contribution in [-0.4, -0.2) is 23.7 Å². The Hall–Kier alpha value is -2.10. The van der Waals surface area contributed by atoms with Gasteiger partial charge in [-0.25, -0.2) is 9.97 Å². The lowest BCUT2D eigenvalue weighted by molar-refractivity contribution is 0.326. The third kappa shape index (κ3) is 8.81. The molecule has 0 N–H and O–H groups in total. The molecule has 0 aliphatic rings. The molecule has 0 bridgehead atoms. The topological polar surface area (TPSA) is 44.2 Å². The smallest absolute Gasteiger partial charge is 0.213 e. The van der Waals surface area contributed by atoms with Crippen LogP contribution in [0, 0.1) is 6.92 Å². The van der Waals surface area contributed by atoms with E-state index >= 15 is 0 Å². The summed E-state index contributed by atoms with van der Waals surface area (Å²) < 4.78 is 10.2. The molecular formula is C19H30N2O2. The Bertz CT molecular complexity index is 542. The Kier molecular flexibility index (Phi) is 11.3. The molecule has 0 aliphatic carbocycles. The molecule has 0 aromatic carbocycles. The Labute approximate surface area is 140 Å². The molecule has 4 heteroatoms. The summed E-state index contributed by atoms with van der Waals surface area (Å²) in [5, 5.41) is 0. The Morgan fingerprint density at radius 1 is 1.00 bits per heavy atom. The van der Waals surface area contributed by atoms with E-state index in [-0.39, 0.29) is 0 Å². The first-order valence-corrected chi connectivity index (χ1v) is 8.12. The predicted octanol–water partition coefficient (Wildman–Crippen LogP) is 5.03. The average molecular weight is 318 g/mol. The van der Waals surface area contributed by atoms with Gasteiger partial charge in [0.1, 0.15) is 0 Å². The predicted molar refractivity (Wildman–Crippen MR) is 96.4 cm³/mol. The number of aryl methyl sites for hydroxylation is 1. The minimum Gasteiger partial charge on any atom is -0.481 e. The molecule has 0 saturated heterocycles. The van der Waals surface area contributed by atoms with Gasteiger partial charge in [0.05, 0.1) is 13.7 Å². The van der Waals surface area contributed by atoms with Crippen LogP contribution in [0.1, 0.15) is 51.7 Å². The lowest BCUT2D eigenvalue weighted by Gasteiger charge is -2.05. The summed E-state index contributed by atoms with van der Waals surface area (Å²) in [6, 6.07) is 7.84. The third-order valence-electron chi connectivity index (χ3n) is 2.82. The Morgan fingerprint density at radius 3 is 2.13 bits per heavy atom. The number of rotatable bonds is 4. The number of ether oxygens (including phenoxy) is 2. The van der Waals surface area contributed by atoms with E-state index in [2.05, 4.69) is 23.8 Å². The van der Waals surface area contributed by atoms with Crippen LogP contribution in [0.15, 0.2) is 36.7 Å².